The lowest BCUT2D eigenvalue weighted by Crippen LogP contribution is -3.00. The zero-order chi connectivity index (χ0) is 25.7. The third-order valence-corrected chi connectivity index (χ3v) is 6.31. The van der Waals surface area contributed by atoms with Gasteiger partial charge in [0.15, 0.2) is 37.9 Å². The molecule has 0 amide bonds. The number of pyridine rings is 2. The van der Waals surface area contributed by atoms with Gasteiger partial charge in [-0.2, -0.15) is 0 Å². The predicted octanol–water partition coefficient (Wildman–Crippen LogP) is -0.232. The number of hydrogen-bond acceptors (Lipinski definition) is 4. The summed E-state index contributed by atoms with van der Waals surface area (Å²) >= 11 is 12.2. The fourth-order valence-corrected chi connectivity index (χ4v) is 3.87. The van der Waals surface area contributed by atoms with Crippen LogP contribution in [-0.2, 0) is 36.0 Å². The molecule has 0 unspecified atom stereocenters. The normalized spacial score (nSPS) is 10.7. The molecule has 39 heavy (non-hydrogen) atoms. The van der Waals surface area contributed by atoms with Crippen LogP contribution in [0.25, 0.3) is 0 Å². The van der Waals surface area contributed by atoms with Crippen molar-refractivity contribution in [3.8, 4) is 0 Å². The monoisotopic (exact) mass is 692 g/mol. The van der Waals surface area contributed by atoms with E-state index in [-0.39, 0.29) is 34.0 Å². The lowest BCUT2D eigenvalue weighted by molar-refractivity contribution is -0.726. The average molecular weight is 695 g/mol. The van der Waals surface area contributed by atoms with E-state index in [0.29, 0.717) is 23.3 Å². The molecule has 2 aromatic carbocycles. The van der Waals surface area contributed by atoms with Crippen molar-refractivity contribution in [2.45, 2.75) is 32.7 Å². The molecule has 2 heterocycles. The predicted molar refractivity (Wildman–Crippen MR) is 146 cm³/mol. The number of hydrogen-bond donors (Lipinski definition) is 0. The van der Waals surface area contributed by atoms with Crippen LogP contribution < -0.4 is 43.1 Å². The Morgan fingerprint density at radius 3 is 1.36 bits per heavy atom. The Bertz CT molecular complexity index is 1230. The molecule has 0 atom stereocenters. The molecule has 0 radical (unpaired) electrons. The van der Waals surface area contributed by atoms with Crippen LogP contribution >= 0.6 is 23.2 Å². The van der Waals surface area contributed by atoms with E-state index in [1.165, 1.54) is 0 Å². The van der Waals surface area contributed by atoms with E-state index >= 15 is 0 Å². The molecule has 0 aliphatic heterocycles. The minimum Gasteiger partial charge on any atom is -1.00 e. The van der Waals surface area contributed by atoms with Crippen molar-refractivity contribution in [3.63, 3.8) is 0 Å². The Morgan fingerprint density at radius 1 is 0.590 bits per heavy atom. The number of benzene rings is 2. The summed E-state index contributed by atoms with van der Waals surface area (Å²) in [4.78, 5) is 10.7. The molecule has 0 N–H and O–H groups in total. The Balaban J connectivity index is 0.00000267. The van der Waals surface area contributed by atoms with Crippen molar-refractivity contribution in [2.24, 2.45) is 10.3 Å². The van der Waals surface area contributed by atoms with Crippen LogP contribution in [0.3, 0.4) is 0 Å². The lowest BCUT2D eigenvalue weighted by Gasteiger charge is -2.02. The maximum atomic E-state index is 6.12. The van der Waals surface area contributed by atoms with Crippen molar-refractivity contribution < 1.29 is 52.8 Å². The van der Waals surface area contributed by atoms with Gasteiger partial charge in [-0.3, -0.25) is 0 Å². The molecule has 4 rings (SSSR count). The average Bonchev–Trinajstić information content (AvgIpc) is 2.92. The summed E-state index contributed by atoms with van der Waals surface area (Å²) in [5.74, 6) is 0. The Hall–Kier alpha value is -2.78. The highest BCUT2D eigenvalue weighted by atomic mass is 79.9. The molecule has 0 spiro atoms. The van der Waals surface area contributed by atoms with E-state index < -0.39 is 0 Å². The fraction of sp³-hybridized carbons (Fsp3) is 0.172. The van der Waals surface area contributed by atoms with E-state index in [1.54, 1.807) is 12.4 Å². The van der Waals surface area contributed by atoms with Gasteiger partial charge in [0.25, 0.3) is 0 Å². The fourth-order valence-electron chi connectivity index (χ4n) is 3.48. The Morgan fingerprint density at radius 2 is 0.974 bits per heavy atom. The van der Waals surface area contributed by atoms with E-state index in [9.17, 15) is 0 Å². The second-order valence-electron chi connectivity index (χ2n) is 8.29. The highest BCUT2D eigenvalue weighted by molar-refractivity contribution is 6.31. The molecular weight excluding hydrogens is 667 g/mol. The number of rotatable bonds is 12. The van der Waals surface area contributed by atoms with Crippen molar-refractivity contribution in [1.82, 2.24) is 0 Å². The third kappa shape index (κ3) is 11.1. The molecule has 6 nitrogen and oxygen atoms in total. The Kier molecular flexibility index (Phi) is 14.8. The number of nitrogens with zero attached hydrogens (tertiary/aromatic N) is 4. The second kappa shape index (κ2) is 17.7. The van der Waals surface area contributed by atoms with E-state index in [4.69, 9.17) is 32.9 Å². The first-order valence-corrected chi connectivity index (χ1v) is 12.7. The lowest BCUT2D eigenvalue weighted by atomic mass is 10.2. The molecule has 10 heteroatoms. The standard InChI is InChI=1S/C29H28Cl2N4O2.2BrH/c30-28-8-3-1-6-26(28)22-36-32-20-24-10-16-34(17-11-24)14-5-15-35-18-12-25(13-19-35)21-33-37-23-27-7-2-4-9-29(27)31;;/h1-4,6-13,16-21H,5,14-15,22-23H2;2*1H/q+2;;/p-2/b32-20+,33-21+;;. The third-order valence-electron chi connectivity index (χ3n) is 5.57. The first-order chi connectivity index (χ1) is 18.2. The van der Waals surface area contributed by atoms with E-state index in [0.717, 1.165) is 41.8 Å². The topological polar surface area (TPSA) is 50.9 Å². The summed E-state index contributed by atoms with van der Waals surface area (Å²) in [5.41, 5.74) is 3.76. The van der Waals surface area contributed by atoms with Crippen LogP contribution in [0.5, 0.6) is 0 Å². The van der Waals surface area contributed by atoms with Gasteiger partial charge in [-0.05, 0) is 12.1 Å². The molecular formula is C29H28Br2Cl2N4O2. The molecule has 0 saturated carbocycles. The zero-order valence-corrected chi connectivity index (χ0v) is 25.7. The van der Waals surface area contributed by atoms with Crippen LogP contribution in [0.4, 0.5) is 0 Å². The zero-order valence-electron chi connectivity index (χ0n) is 21.0. The van der Waals surface area contributed by atoms with Gasteiger partial charge in [-0.25, -0.2) is 9.13 Å². The SMILES string of the molecule is Clc1ccccc1CO/N=C/c1cc[n+](CCC[n+]2ccc(/C=N/OCc3ccccc3Cl)cc2)cc1.[Br-].[Br-]. The van der Waals surface area contributed by atoms with Gasteiger partial charge >= 0.3 is 0 Å². The molecule has 0 bridgehead atoms. The van der Waals surface area contributed by atoms with Crippen molar-refractivity contribution in [3.05, 3.63) is 130 Å². The van der Waals surface area contributed by atoms with Gasteiger partial charge in [-0.15, -0.1) is 0 Å². The second-order valence-corrected chi connectivity index (χ2v) is 9.11. The molecule has 0 fully saturated rings. The molecule has 2 aromatic heterocycles. The van der Waals surface area contributed by atoms with Crippen LogP contribution in [0, 0.1) is 0 Å². The van der Waals surface area contributed by atoms with Gasteiger partial charge in [0.05, 0.1) is 18.9 Å². The summed E-state index contributed by atoms with van der Waals surface area (Å²) < 4.78 is 4.31. The molecule has 0 aliphatic rings. The number of halogens is 4. The van der Waals surface area contributed by atoms with Crippen LogP contribution in [0.1, 0.15) is 28.7 Å². The van der Waals surface area contributed by atoms with E-state index in [1.807, 2.05) is 97.6 Å². The van der Waals surface area contributed by atoms with E-state index in [2.05, 4.69) is 19.4 Å². The van der Waals surface area contributed by atoms with Crippen molar-refractivity contribution in [2.75, 3.05) is 0 Å². The van der Waals surface area contributed by atoms with Gasteiger partial charge in [0.2, 0.25) is 0 Å². The largest absolute Gasteiger partial charge is 1.00 e. The number of aryl methyl sites for hydroxylation is 2. The quantitative estimate of drug-likeness (QED) is 0.117. The maximum Gasteiger partial charge on any atom is 0.169 e. The summed E-state index contributed by atoms with van der Waals surface area (Å²) in [6, 6.07) is 23.2. The summed E-state index contributed by atoms with van der Waals surface area (Å²) in [6.45, 7) is 2.50. The molecule has 4 aromatic rings. The van der Waals surface area contributed by atoms with Gasteiger partial charge < -0.3 is 43.6 Å². The minimum absolute atomic E-state index is 0. The highest BCUT2D eigenvalue weighted by Crippen LogP contribution is 2.16. The summed E-state index contributed by atoms with van der Waals surface area (Å²) in [5, 5.41) is 9.43. The molecule has 0 saturated heterocycles. The van der Waals surface area contributed by atoms with Crippen LogP contribution in [0.2, 0.25) is 10.0 Å². The van der Waals surface area contributed by atoms with Gasteiger partial charge in [-0.1, -0.05) is 69.9 Å². The maximum absolute atomic E-state index is 6.12. The molecule has 204 valence electrons. The summed E-state index contributed by atoms with van der Waals surface area (Å²) in [6.07, 6.45) is 12.6. The number of aromatic nitrogens is 2. The smallest absolute Gasteiger partial charge is 0.169 e. The van der Waals surface area contributed by atoms with Crippen LogP contribution in [-0.4, -0.2) is 12.4 Å². The van der Waals surface area contributed by atoms with Crippen molar-refractivity contribution in [1.29, 1.82) is 0 Å². The van der Waals surface area contributed by atoms with Crippen LogP contribution in [0.15, 0.2) is 108 Å². The summed E-state index contributed by atoms with van der Waals surface area (Å²) in [7, 11) is 0. The van der Waals surface area contributed by atoms with Gasteiger partial charge in [0.1, 0.15) is 13.2 Å². The minimum atomic E-state index is 0. The number of oxime groups is 2. The first kappa shape index (κ1) is 32.4. The molecule has 0 aliphatic carbocycles. The first-order valence-electron chi connectivity index (χ1n) is 11.9. The Labute approximate surface area is 260 Å². The highest BCUT2D eigenvalue weighted by Gasteiger charge is 2.05. The van der Waals surface area contributed by atoms with Crippen molar-refractivity contribution >= 4 is 35.6 Å². The van der Waals surface area contributed by atoms with Gasteiger partial charge in [0, 0.05) is 56.6 Å².